The van der Waals surface area contributed by atoms with Crippen LogP contribution in [0, 0.1) is 0 Å². The molecule has 6 heteroatoms. The first-order chi connectivity index (χ1) is 13.2. The molecule has 0 radical (unpaired) electrons. The van der Waals surface area contributed by atoms with Crippen LogP contribution in [0.5, 0.6) is 0 Å². The van der Waals surface area contributed by atoms with Crippen molar-refractivity contribution >= 4 is 34.4 Å². The summed E-state index contributed by atoms with van der Waals surface area (Å²) in [4.78, 5) is 19.1. The fourth-order valence-corrected chi connectivity index (χ4v) is 4.65. The van der Waals surface area contributed by atoms with Crippen LogP contribution in [0.25, 0.3) is 10.9 Å². The van der Waals surface area contributed by atoms with Gasteiger partial charge in [-0.3, -0.25) is 9.36 Å². The number of fused-ring (bicyclic) bond motifs is 1. The van der Waals surface area contributed by atoms with Crippen molar-refractivity contribution in [1.29, 1.82) is 0 Å². The highest BCUT2D eigenvalue weighted by Crippen LogP contribution is 2.25. The van der Waals surface area contributed by atoms with Crippen LogP contribution < -0.4 is 5.56 Å². The third kappa shape index (κ3) is 4.23. The van der Waals surface area contributed by atoms with Gasteiger partial charge in [0.25, 0.3) is 5.56 Å². The number of para-hydroxylation sites is 1. The molecule has 2 aromatic carbocycles. The summed E-state index contributed by atoms with van der Waals surface area (Å²) in [6.07, 6.45) is 4.24. The molecule has 0 amide bonds. The van der Waals surface area contributed by atoms with E-state index in [2.05, 4.69) is 30.5 Å². The summed E-state index contributed by atoms with van der Waals surface area (Å²) >= 11 is 3.35. The van der Waals surface area contributed by atoms with Crippen LogP contribution >= 0.6 is 23.5 Å². The minimum absolute atomic E-state index is 0.0244. The maximum absolute atomic E-state index is 13.1. The Morgan fingerprint density at radius 3 is 2.74 bits per heavy atom. The first-order valence-electron chi connectivity index (χ1n) is 9.11. The zero-order valence-electron chi connectivity index (χ0n) is 15.3. The van der Waals surface area contributed by atoms with E-state index in [0.717, 1.165) is 35.9 Å². The van der Waals surface area contributed by atoms with E-state index in [9.17, 15) is 4.79 Å². The zero-order chi connectivity index (χ0) is 18.6. The van der Waals surface area contributed by atoms with Gasteiger partial charge in [0.15, 0.2) is 5.16 Å². The second kappa shape index (κ2) is 8.50. The smallest absolute Gasteiger partial charge is 0.262 e. The number of nitrogens with zero attached hydrogens (tertiary/aromatic N) is 2. The molecule has 1 aliphatic heterocycles. The molecule has 3 aromatic rings. The van der Waals surface area contributed by atoms with E-state index in [-0.39, 0.29) is 11.7 Å². The Kier molecular flexibility index (Phi) is 5.86. The van der Waals surface area contributed by atoms with Gasteiger partial charge in [-0.1, -0.05) is 36.0 Å². The van der Waals surface area contributed by atoms with Crippen LogP contribution in [0.2, 0.25) is 0 Å². The van der Waals surface area contributed by atoms with Crippen LogP contribution in [0.1, 0.15) is 18.4 Å². The van der Waals surface area contributed by atoms with E-state index in [1.807, 2.05) is 24.3 Å². The van der Waals surface area contributed by atoms with Gasteiger partial charge in [-0.05, 0) is 48.9 Å². The largest absolute Gasteiger partial charge is 0.376 e. The Balaban J connectivity index is 1.65. The van der Waals surface area contributed by atoms with Crippen molar-refractivity contribution in [2.75, 3.05) is 12.9 Å². The van der Waals surface area contributed by atoms with E-state index in [1.54, 1.807) is 28.1 Å². The predicted molar refractivity (Wildman–Crippen MR) is 113 cm³/mol. The van der Waals surface area contributed by atoms with Crippen LogP contribution in [0.4, 0.5) is 0 Å². The maximum Gasteiger partial charge on any atom is 0.262 e. The van der Waals surface area contributed by atoms with Crippen molar-refractivity contribution in [2.45, 2.75) is 41.3 Å². The lowest BCUT2D eigenvalue weighted by Crippen LogP contribution is -2.28. The van der Waals surface area contributed by atoms with Gasteiger partial charge in [-0.25, -0.2) is 4.98 Å². The lowest BCUT2D eigenvalue weighted by Gasteiger charge is -2.16. The van der Waals surface area contributed by atoms with Gasteiger partial charge in [-0.2, -0.15) is 0 Å². The van der Waals surface area contributed by atoms with Crippen molar-refractivity contribution in [3.8, 4) is 0 Å². The maximum atomic E-state index is 13.1. The Bertz CT molecular complexity index is 980. The summed E-state index contributed by atoms with van der Waals surface area (Å²) in [5.41, 5.74) is 2.01. The fourth-order valence-electron chi connectivity index (χ4n) is 3.28. The van der Waals surface area contributed by atoms with Crippen molar-refractivity contribution in [1.82, 2.24) is 9.55 Å². The first-order valence-corrected chi connectivity index (χ1v) is 11.3. The molecule has 0 N–H and O–H groups in total. The Morgan fingerprint density at radius 1 is 1.19 bits per heavy atom. The molecule has 0 spiro atoms. The molecule has 1 aliphatic rings. The molecule has 1 fully saturated rings. The molecule has 4 nitrogen and oxygen atoms in total. The minimum atomic E-state index is 0.0244. The summed E-state index contributed by atoms with van der Waals surface area (Å²) < 4.78 is 7.57. The van der Waals surface area contributed by atoms with E-state index >= 15 is 0 Å². The molecule has 27 heavy (non-hydrogen) atoms. The fraction of sp³-hybridized carbons (Fsp3) is 0.333. The minimum Gasteiger partial charge on any atom is -0.376 e. The molecular formula is C21H22N2O2S2. The number of thioether (sulfide) groups is 2. The van der Waals surface area contributed by atoms with E-state index in [4.69, 9.17) is 9.72 Å². The average Bonchev–Trinajstić information content (AvgIpc) is 3.22. The summed E-state index contributed by atoms with van der Waals surface area (Å²) in [5, 5.41) is 1.44. The molecule has 140 valence electrons. The van der Waals surface area contributed by atoms with E-state index in [0.29, 0.717) is 11.9 Å². The first kappa shape index (κ1) is 18.6. The molecular weight excluding hydrogens is 376 g/mol. The highest BCUT2D eigenvalue weighted by molar-refractivity contribution is 7.98. The molecule has 0 aliphatic carbocycles. The van der Waals surface area contributed by atoms with Crippen LogP contribution in [-0.2, 0) is 17.0 Å². The van der Waals surface area contributed by atoms with E-state index < -0.39 is 0 Å². The van der Waals surface area contributed by atoms with Crippen LogP contribution in [-0.4, -0.2) is 28.5 Å². The van der Waals surface area contributed by atoms with Gasteiger partial charge in [0, 0.05) is 17.3 Å². The predicted octanol–water partition coefficient (Wildman–Crippen LogP) is 4.59. The third-order valence-corrected chi connectivity index (χ3v) is 6.55. The van der Waals surface area contributed by atoms with Crippen LogP contribution in [0.15, 0.2) is 63.4 Å². The summed E-state index contributed by atoms with van der Waals surface area (Å²) in [6, 6.07) is 16.1. The molecule has 1 atom stereocenters. The Morgan fingerprint density at radius 2 is 2.00 bits per heavy atom. The van der Waals surface area contributed by atoms with Gasteiger partial charge in [0.1, 0.15) is 0 Å². The lowest BCUT2D eigenvalue weighted by atomic mass is 10.2. The lowest BCUT2D eigenvalue weighted by molar-refractivity contribution is 0.0937. The number of aromatic nitrogens is 2. The van der Waals surface area contributed by atoms with Gasteiger partial charge in [0.2, 0.25) is 0 Å². The van der Waals surface area contributed by atoms with Gasteiger partial charge >= 0.3 is 0 Å². The number of ether oxygens (including phenoxy) is 1. The molecule has 0 saturated carbocycles. The highest BCUT2D eigenvalue weighted by atomic mass is 32.2. The quantitative estimate of drug-likeness (QED) is 0.449. The van der Waals surface area contributed by atoms with Crippen molar-refractivity contribution < 1.29 is 4.74 Å². The molecule has 0 bridgehead atoms. The Labute approximate surface area is 167 Å². The highest BCUT2D eigenvalue weighted by Gasteiger charge is 2.20. The molecule has 4 rings (SSSR count). The number of hydrogen-bond donors (Lipinski definition) is 0. The summed E-state index contributed by atoms with van der Waals surface area (Å²) in [7, 11) is 0. The van der Waals surface area contributed by atoms with Crippen LogP contribution in [0.3, 0.4) is 0 Å². The second-order valence-electron chi connectivity index (χ2n) is 6.60. The normalized spacial score (nSPS) is 16.9. The van der Waals surface area contributed by atoms with Gasteiger partial charge in [0.05, 0.1) is 23.6 Å². The van der Waals surface area contributed by atoms with Crippen molar-refractivity contribution in [2.24, 2.45) is 0 Å². The summed E-state index contributed by atoms with van der Waals surface area (Å²) in [5.74, 6) is 0.783. The Hall–Kier alpha value is -1.76. The summed E-state index contributed by atoms with van der Waals surface area (Å²) in [6.45, 7) is 1.36. The standard InChI is InChI=1S/C21H22N2O2S2/c1-26-17-10-8-15(9-11-17)14-27-21-22-19-7-3-2-6-18(19)20(24)23(21)13-16-5-4-12-25-16/h2-3,6-11,16H,4-5,12-14H2,1H3/t16-/m1/s1. The van der Waals surface area contributed by atoms with Gasteiger partial charge < -0.3 is 4.74 Å². The third-order valence-electron chi connectivity index (χ3n) is 4.76. The number of hydrogen-bond acceptors (Lipinski definition) is 5. The average molecular weight is 399 g/mol. The van der Waals surface area contributed by atoms with Crippen molar-refractivity contribution in [3.05, 3.63) is 64.4 Å². The molecule has 0 unspecified atom stereocenters. The second-order valence-corrected chi connectivity index (χ2v) is 8.42. The number of benzene rings is 2. The van der Waals surface area contributed by atoms with Crippen molar-refractivity contribution in [3.63, 3.8) is 0 Å². The van der Waals surface area contributed by atoms with E-state index in [1.165, 1.54) is 10.5 Å². The topological polar surface area (TPSA) is 44.1 Å². The van der Waals surface area contributed by atoms with Gasteiger partial charge in [-0.15, -0.1) is 11.8 Å². The SMILES string of the molecule is CSc1ccc(CSc2nc3ccccc3c(=O)n2C[C@H]2CCCO2)cc1. The zero-order valence-corrected chi connectivity index (χ0v) is 16.9. The molecule has 1 aromatic heterocycles. The monoisotopic (exact) mass is 398 g/mol. The number of rotatable bonds is 6. The molecule has 1 saturated heterocycles. The molecule has 2 heterocycles.